The highest BCUT2D eigenvalue weighted by Gasteiger charge is 2.48. The van der Waals surface area contributed by atoms with Crippen LogP contribution in [0.15, 0.2) is 48.5 Å². The van der Waals surface area contributed by atoms with Crippen LogP contribution in [-0.2, 0) is 16.0 Å². The van der Waals surface area contributed by atoms with Gasteiger partial charge in [-0.3, -0.25) is 9.59 Å². The van der Waals surface area contributed by atoms with Gasteiger partial charge in [0.1, 0.15) is 6.04 Å². The molecule has 3 heterocycles. The number of amides is 2. The Morgan fingerprint density at radius 3 is 2.61 bits per heavy atom. The van der Waals surface area contributed by atoms with Gasteiger partial charge in [-0.15, -0.1) is 0 Å². The topological polar surface area (TPSA) is 56.4 Å². The van der Waals surface area contributed by atoms with Crippen LogP contribution in [0.5, 0.6) is 0 Å². The molecule has 1 fully saturated rings. The molecular weight excluding hydrogens is 386 g/mol. The van der Waals surface area contributed by atoms with Gasteiger partial charge in [0.25, 0.3) is 0 Å². The second kappa shape index (κ2) is 7.88. The minimum atomic E-state index is -0.445. The van der Waals surface area contributed by atoms with Crippen LogP contribution in [0.25, 0.3) is 10.9 Å². The first-order chi connectivity index (χ1) is 15.1. The first kappa shape index (κ1) is 19.9. The third kappa shape index (κ3) is 3.23. The highest BCUT2D eigenvalue weighted by Crippen LogP contribution is 2.43. The van der Waals surface area contributed by atoms with Crippen LogP contribution in [0.2, 0.25) is 0 Å². The number of H-pyrrole nitrogens is 1. The molecule has 0 bridgehead atoms. The van der Waals surface area contributed by atoms with Crippen LogP contribution in [0.4, 0.5) is 0 Å². The molecule has 2 atom stereocenters. The smallest absolute Gasteiger partial charge is 0.246 e. The third-order valence-electron chi connectivity index (χ3n) is 6.86. The summed E-state index contributed by atoms with van der Waals surface area (Å²) in [7, 11) is 0. The SMILES string of the molecule is CCCCCN1CC(=O)N2C(Cc3c([nH]c4ccccc34)C2c2ccccc2C)C1=O. The largest absolute Gasteiger partial charge is 0.356 e. The van der Waals surface area contributed by atoms with Crippen molar-refractivity contribution in [2.75, 3.05) is 13.1 Å². The van der Waals surface area contributed by atoms with E-state index in [0.29, 0.717) is 13.0 Å². The lowest BCUT2D eigenvalue weighted by Crippen LogP contribution is -2.63. The quantitative estimate of drug-likeness (QED) is 0.630. The van der Waals surface area contributed by atoms with Gasteiger partial charge < -0.3 is 14.8 Å². The number of piperazine rings is 1. The lowest BCUT2D eigenvalue weighted by atomic mass is 9.85. The van der Waals surface area contributed by atoms with Crippen molar-refractivity contribution in [3.05, 3.63) is 70.9 Å². The molecule has 2 aromatic carbocycles. The van der Waals surface area contributed by atoms with Gasteiger partial charge in [0.05, 0.1) is 12.6 Å². The van der Waals surface area contributed by atoms with E-state index in [1.165, 1.54) is 5.56 Å². The maximum absolute atomic E-state index is 13.6. The molecule has 0 aliphatic carbocycles. The maximum Gasteiger partial charge on any atom is 0.246 e. The molecule has 0 radical (unpaired) electrons. The second-order valence-electron chi connectivity index (χ2n) is 8.81. The van der Waals surface area contributed by atoms with E-state index < -0.39 is 6.04 Å². The van der Waals surface area contributed by atoms with Gasteiger partial charge in [-0.05, 0) is 36.1 Å². The highest BCUT2D eigenvalue weighted by molar-refractivity contribution is 5.97. The molecule has 2 aliphatic heterocycles. The summed E-state index contributed by atoms with van der Waals surface area (Å²) in [5.74, 6) is 0.129. The molecule has 2 aliphatic rings. The van der Waals surface area contributed by atoms with Crippen molar-refractivity contribution in [3.8, 4) is 0 Å². The van der Waals surface area contributed by atoms with E-state index in [9.17, 15) is 9.59 Å². The van der Waals surface area contributed by atoms with E-state index >= 15 is 0 Å². The summed E-state index contributed by atoms with van der Waals surface area (Å²) in [4.78, 5) is 34.2. The Labute approximate surface area is 183 Å². The van der Waals surface area contributed by atoms with Crippen LogP contribution < -0.4 is 0 Å². The summed E-state index contributed by atoms with van der Waals surface area (Å²) in [6, 6.07) is 15.7. The molecule has 5 heteroatoms. The van der Waals surface area contributed by atoms with Crippen molar-refractivity contribution in [2.45, 2.75) is 51.6 Å². The van der Waals surface area contributed by atoms with Crippen molar-refractivity contribution < 1.29 is 9.59 Å². The summed E-state index contributed by atoms with van der Waals surface area (Å²) in [6.07, 6.45) is 3.68. The lowest BCUT2D eigenvalue weighted by Gasteiger charge is -2.47. The van der Waals surface area contributed by atoms with Crippen LogP contribution in [-0.4, -0.2) is 45.7 Å². The molecule has 0 spiro atoms. The molecule has 160 valence electrons. The van der Waals surface area contributed by atoms with Crippen LogP contribution in [0.3, 0.4) is 0 Å². The summed E-state index contributed by atoms with van der Waals surface area (Å²) in [5.41, 5.74) is 5.49. The van der Waals surface area contributed by atoms with E-state index in [-0.39, 0.29) is 24.4 Å². The fourth-order valence-corrected chi connectivity index (χ4v) is 5.28. The van der Waals surface area contributed by atoms with Gasteiger partial charge in [-0.1, -0.05) is 62.2 Å². The van der Waals surface area contributed by atoms with E-state index in [4.69, 9.17) is 0 Å². The number of carbonyl (C=O) groups is 2. The van der Waals surface area contributed by atoms with Crippen LogP contribution in [0.1, 0.15) is 54.6 Å². The Balaban J connectivity index is 1.63. The van der Waals surface area contributed by atoms with E-state index in [0.717, 1.165) is 47.0 Å². The Morgan fingerprint density at radius 1 is 1.03 bits per heavy atom. The number of aromatic nitrogens is 1. The molecule has 1 N–H and O–H groups in total. The van der Waals surface area contributed by atoms with Gasteiger partial charge in [-0.2, -0.15) is 0 Å². The number of unbranched alkanes of at least 4 members (excludes halogenated alkanes) is 2. The van der Waals surface area contributed by atoms with Crippen molar-refractivity contribution in [3.63, 3.8) is 0 Å². The number of hydrogen-bond acceptors (Lipinski definition) is 2. The van der Waals surface area contributed by atoms with Crippen molar-refractivity contribution in [2.24, 2.45) is 0 Å². The van der Waals surface area contributed by atoms with Crippen molar-refractivity contribution in [1.82, 2.24) is 14.8 Å². The Bertz CT molecular complexity index is 1150. The monoisotopic (exact) mass is 415 g/mol. The summed E-state index contributed by atoms with van der Waals surface area (Å²) in [5, 5.41) is 1.15. The average molecular weight is 416 g/mol. The first-order valence-electron chi connectivity index (χ1n) is 11.3. The molecule has 2 unspecified atom stereocenters. The number of benzene rings is 2. The lowest BCUT2D eigenvalue weighted by molar-refractivity contribution is -0.158. The van der Waals surface area contributed by atoms with Crippen LogP contribution >= 0.6 is 0 Å². The number of carbonyl (C=O) groups excluding carboxylic acids is 2. The zero-order chi connectivity index (χ0) is 21.5. The molecule has 5 rings (SSSR count). The number of nitrogens with zero attached hydrogens (tertiary/aromatic N) is 2. The molecule has 31 heavy (non-hydrogen) atoms. The zero-order valence-corrected chi connectivity index (χ0v) is 18.2. The highest BCUT2D eigenvalue weighted by atomic mass is 16.2. The number of aromatic amines is 1. The van der Waals surface area contributed by atoms with E-state index in [1.54, 1.807) is 4.90 Å². The third-order valence-corrected chi connectivity index (χ3v) is 6.86. The number of para-hydroxylation sites is 1. The Hall–Kier alpha value is -3.08. The molecular formula is C26H29N3O2. The van der Waals surface area contributed by atoms with E-state index in [2.05, 4.69) is 43.1 Å². The number of aryl methyl sites for hydroxylation is 1. The number of hydrogen-bond donors (Lipinski definition) is 1. The molecule has 2 amide bonds. The van der Waals surface area contributed by atoms with E-state index in [1.807, 2.05) is 29.2 Å². The van der Waals surface area contributed by atoms with Gasteiger partial charge in [-0.25, -0.2) is 0 Å². The summed E-state index contributed by atoms with van der Waals surface area (Å²) < 4.78 is 0. The Kier molecular flexibility index (Phi) is 5.05. The van der Waals surface area contributed by atoms with Gasteiger partial charge in [0, 0.05) is 29.6 Å². The van der Waals surface area contributed by atoms with Crippen molar-refractivity contribution in [1.29, 1.82) is 0 Å². The fourth-order valence-electron chi connectivity index (χ4n) is 5.28. The van der Waals surface area contributed by atoms with Crippen LogP contribution in [0, 0.1) is 6.92 Å². The van der Waals surface area contributed by atoms with Gasteiger partial charge in [0.15, 0.2) is 0 Å². The zero-order valence-electron chi connectivity index (χ0n) is 18.2. The molecule has 1 aromatic heterocycles. The van der Waals surface area contributed by atoms with Gasteiger partial charge in [0.2, 0.25) is 11.8 Å². The molecule has 5 nitrogen and oxygen atoms in total. The maximum atomic E-state index is 13.6. The number of rotatable bonds is 5. The average Bonchev–Trinajstić information content (AvgIpc) is 3.15. The minimum Gasteiger partial charge on any atom is -0.356 e. The number of fused-ring (bicyclic) bond motifs is 4. The standard InChI is InChI=1S/C26H29N3O2/c1-3-4-9-14-28-16-23(30)29-22(26(28)31)15-20-19-12-7-8-13-21(19)27-24(20)25(29)18-11-6-5-10-17(18)2/h5-8,10-13,22,25,27H,3-4,9,14-16H2,1-2H3. The molecule has 3 aromatic rings. The first-order valence-corrected chi connectivity index (χ1v) is 11.3. The summed E-state index contributed by atoms with van der Waals surface area (Å²) >= 11 is 0. The summed E-state index contributed by atoms with van der Waals surface area (Å²) in [6.45, 7) is 5.07. The van der Waals surface area contributed by atoms with Gasteiger partial charge >= 0.3 is 0 Å². The predicted octanol–water partition coefficient (Wildman–Crippen LogP) is 4.35. The Morgan fingerprint density at radius 2 is 1.81 bits per heavy atom. The second-order valence-corrected chi connectivity index (χ2v) is 8.81. The minimum absolute atomic E-state index is 0.0404. The predicted molar refractivity (Wildman–Crippen MR) is 122 cm³/mol. The molecule has 0 saturated carbocycles. The number of nitrogens with one attached hydrogen (secondary N) is 1. The normalized spacial score (nSPS) is 20.8. The molecule has 1 saturated heterocycles. The fraction of sp³-hybridized carbons (Fsp3) is 0.385. The van der Waals surface area contributed by atoms with Crippen molar-refractivity contribution >= 4 is 22.7 Å².